The molecule has 1 atom stereocenters. The van der Waals surface area contributed by atoms with E-state index in [4.69, 9.17) is 9.47 Å². The lowest BCUT2D eigenvalue weighted by atomic mass is 9.79. The molecular formula is C36H44N2O3. The second kappa shape index (κ2) is 12.6. The third-order valence-corrected chi connectivity index (χ3v) is 8.04. The van der Waals surface area contributed by atoms with Gasteiger partial charge in [0.25, 0.3) is 0 Å². The van der Waals surface area contributed by atoms with Crippen LogP contribution in [0.25, 0.3) is 11.1 Å². The Hall–Kier alpha value is -3.41. The Balaban J connectivity index is 1.22. The van der Waals surface area contributed by atoms with E-state index in [1.807, 2.05) is 20.8 Å². The number of allylic oxidation sites excluding steroid dienone is 1. The number of esters is 1. The number of nitrogens with zero attached hydrogens (tertiary/aromatic N) is 2. The molecule has 41 heavy (non-hydrogen) atoms. The van der Waals surface area contributed by atoms with E-state index in [0.29, 0.717) is 19.2 Å². The number of piperazine rings is 1. The molecular weight excluding hydrogens is 508 g/mol. The first-order valence-electron chi connectivity index (χ1n) is 15.0. The molecule has 216 valence electrons. The SMILES string of the molecule is Cc1ccc2c(c1)CCC(c1ccccc1)=C2c1ccc(OC[C@@H](C)N2CCN(CC(=O)OC(C)(C)C)CC2)cc1. The van der Waals surface area contributed by atoms with E-state index in [2.05, 4.69) is 96.4 Å². The highest BCUT2D eigenvalue weighted by Crippen LogP contribution is 2.41. The zero-order valence-electron chi connectivity index (χ0n) is 25.3. The fourth-order valence-electron chi connectivity index (χ4n) is 5.94. The van der Waals surface area contributed by atoms with E-state index < -0.39 is 5.60 Å². The topological polar surface area (TPSA) is 42.0 Å². The van der Waals surface area contributed by atoms with Gasteiger partial charge in [0, 0.05) is 32.2 Å². The maximum absolute atomic E-state index is 12.2. The fourth-order valence-corrected chi connectivity index (χ4v) is 5.94. The minimum atomic E-state index is -0.440. The van der Waals surface area contributed by atoms with Crippen LogP contribution in [0.1, 0.15) is 61.9 Å². The summed E-state index contributed by atoms with van der Waals surface area (Å²) >= 11 is 0. The summed E-state index contributed by atoms with van der Waals surface area (Å²) in [6.07, 6.45) is 2.11. The molecule has 0 radical (unpaired) electrons. The van der Waals surface area contributed by atoms with Crippen LogP contribution < -0.4 is 4.74 Å². The molecule has 3 aromatic carbocycles. The molecule has 5 nitrogen and oxygen atoms in total. The largest absolute Gasteiger partial charge is 0.492 e. The van der Waals surface area contributed by atoms with E-state index in [-0.39, 0.29) is 5.97 Å². The van der Waals surface area contributed by atoms with Crippen molar-refractivity contribution in [3.05, 3.63) is 101 Å². The van der Waals surface area contributed by atoms with Gasteiger partial charge in [0.2, 0.25) is 0 Å². The molecule has 1 heterocycles. The van der Waals surface area contributed by atoms with Crippen LogP contribution in [0.2, 0.25) is 0 Å². The first-order chi connectivity index (χ1) is 19.7. The molecule has 1 aliphatic carbocycles. The molecule has 2 aliphatic rings. The number of aryl methyl sites for hydroxylation is 2. The molecule has 5 heteroatoms. The van der Waals surface area contributed by atoms with Crippen LogP contribution in [0.3, 0.4) is 0 Å². The Labute approximate surface area is 245 Å². The molecule has 0 bridgehead atoms. The van der Waals surface area contributed by atoms with Crippen LogP contribution in [0, 0.1) is 6.92 Å². The van der Waals surface area contributed by atoms with Gasteiger partial charge in [-0.3, -0.25) is 14.6 Å². The van der Waals surface area contributed by atoms with Crippen molar-refractivity contribution in [2.75, 3.05) is 39.3 Å². The summed E-state index contributed by atoms with van der Waals surface area (Å²) in [5.74, 6) is 0.746. The normalized spacial score (nSPS) is 17.2. The standard InChI is InChI=1S/C36H44N2O3/c1-26-11-17-33-30(23-26)14-18-32(28-9-7-6-8-10-28)35(33)29-12-15-31(16-13-29)40-25-27(2)38-21-19-37(20-22-38)24-34(39)41-36(3,4)5/h6-13,15-17,23,27H,14,18-22,24-25H2,1-5H3/t27-/m1/s1. The van der Waals surface area contributed by atoms with Gasteiger partial charge in [-0.05, 0) is 93.0 Å². The Morgan fingerprint density at radius 1 is 0.878 bits per heavy atom. The molecule has 0 N–H and O–H groups in total. The van der Waals surface area contributed by atoms with Gasteiger partial charge < -0.3 is 9.47 Å². The molecule has 3 aromatic rings. The Bertz CT molecular complexity index is 1360. The van der Waals surface area contributed by atoms with E-state index >= 15 is 0 Å². The van der Waals surface area contributed by atoms with Gasteiger partial charge in [-0.1, -0.05) is 66.2 Å². The Kier molecular flexibility index (Phi) is 8.96. The minimum Gasteiger partial charge on any atom is -0.492 e. The second-order valence-electron chi connectivity index (χ2n) is 12.5. The number of carbonyl (C=O) groups excluding carboxylic acids is 1. The van der Waals surface area contributed by atoms with E-state index in [0.717, 1.165) is 44.8 Å². The van der Waals surface area contributed by atoms with Gasteiger partial charge >= 0.3 is 5.97 Å². The van der Waals surface area contributed by atoms with Crippen molar-refractivity contribution in [2.24, 2.45) is 0 Å². The highest BCUT2D eigenvalue weighted by molar-refractivity contribution is 6.00. The molecule has 0 saturated carbocycles. The number of fused-ring (bicyclic) bond motifs is 1. The maximum atomic E-state index is 12.2. The van der Waals surface area contributed by atoms with Crippen LogP contribution in [0.4, 0.5) is 0 Å². The third-order valence-electron chi connectivity index (χ3n) is 8.04. The maximum Gasteiger partial charge on any atom is 0.320 e. The predicted octanol–water partition coefficient (Wildman–Crippen LogP) is 6.63. The molecule has 1 saturated heterocycles. The van der Waals surface area contributed by atoms with Crippen molar-refractivity contribution in [1.29, 1.82) is 0 Å². The summed E-state index contributed by atoms with van der Waals surface area (Å²) in [6.45, 7) is 14.7. The lowest BCUT2D eigenvalue weighted by molar-refractivity contribution is -0.156. The van der Waals surface area contributed by atoms with Gasteiger partial charge in [0.15, 0.2) is 0 Å². The zero-order chi connectivity index (χ0) is 29.0. The number of hydrogen-bond acceptors (Lipinski definition) is 5. The average molecular weight is 553 g/mol. The van der Waals surface area contributed by atoms with Crippen LogP contribution in [-0.4, -0.2) is 66.7 Å². The van der Waals surface area contributed by atoms with Gasteiger partial charge in [-0.25, -0.2) is 0 Å². The van der Waals surface area contributed by atoms with Crippen molar-refractivity contribution in [3.8, 4) is 5.75 Å². The van der Waals surface area contributed by atoms with Crippen LogP contribution >= 0.6 is 0 Å². The molecule has 1 fully saturated rings. The quantitative estimate of drug-likeness (QED) is 0.294. The van der Waals surface area contributed by atoms with Crippen molar-refractivity contribution in [3.63, 3.8) is 0 Å². The summed E-state index contributed by atoms with van der Waals surface area (Å²) < 4.78 is 11.7. The van der Waals surface area contributed by atoms with Crippen molar-refractivity contribution in [2.45, 2.75) is 59.1 Å². The van der Waals surface area contributed by atoms with Gasteiger partial charge in [0.1, 0.15) is 18.0 Å². The summed E-state index contributed by atoms with van der Waals surface area (Å²) in [7, 11) is 0. The minimum absolute atomic E-state index is 0.149. The first kappa shape index (κ1) is 29.1. The summed E-state index contributed by atoms with van der Waals surface area (Å²) in [4.78, 5) is 16.8. The van der Waals surface area contributed by atoms with Crippen LogP contribution in [0.15, 0.2) is 72.8 Å². The highest BCUT2D eigenvalue weighted by atomic mass is 16.6. The van der Waals surface area contributed by atoms with E-state index in [9.17, 15) is 4.79 Å². The van der Waals surface area contributed by atoms with Crippen molar-refractivity contribution >= 4 is 17.1 Å². The summed E-state index contributed by atoms with van der Waals surface area (Å²) in [6, 6.07) is 26.6. The smallest absolute Gasteiger partial charge is 0.320 e. The Morgan fingerprint density at radius 3 is 2.27 bits per heavy atom. The van der Waals surface area contributed by atoms with E-state index in [1.54, 1.807) is 0 Å². The number of rotatable bonds is 8. The predicted molar refractivity (Wildman–Crippen MR) is 167 cm³/mol. The lowest BCUT2D eigenvalue weighted by Gasteiger charge is -2.37. The van der Waals surface area contributed by atoms with Gasteiger partial charge in [-0.15, -0.1) is 0 Å². The Morgan fingerprint density at radius 2 is 1.59 bits per heavy atom. The summed E-state index contributed by atoms with van der Waals surface area (Å²) in [5.41, 5.74) is 8.92. The lowest BCUT2D eigenvalue weighted by Crippen LogP contribution is -2.52. The highest BCUT2D eigenvalue weighted by Gasteiger charge is 2.25. The summed E-state index contributed by atoms with van der Waals surface area (Å²) in [5, 5.41) is 0. The van der Waals surface area contributed by atoms with Gasteiger partial charge in [-0.2, -0.15) is 0 Å². The van der Waals surface area contributed by atoms with Crippen LogP contribution in [-0.2, 0) is 16.0 Å². The first-order valence-corrected chi connectivity index (χ1v) is 15.0. The number of ether oxygens (including phenoxy) is 2. The second-order valence-corrected chi connectivity index (χ2v) is 12.5. The third kappa shape index (κ3) is 7.46. The number of benzene rings is 3. The molecule has 0 aromatic heterocycles. The molecule has 0 unspecified atom stereocenters. The number of carbonyl (C=O) groups is 1. The van der Waals surface area contributed by atoms with Crippen molar-refractivity contribution < 1.29 is 14.3 Å². The molecule has 0 spiro atoms. The van der Waals surface area contributed by atoms with E-state index in [1.165, 1.54) is 39.0 Å². The molecule has 0 amide bonds. The average Bonchev–Trinajstić information content (AvgIpc) is 2.95. The van der Waals surface area contributed by atoms with Gasteiger partial charge in [0.05, 0.1) is 6.54 Å². The zero-order valence-corrected chi connectivity index (χ0v) is 25.3. The monoisotopic (exact) mass is 552 g/mol. The van der Waals surface area contributed by atoms with Crippen LogP contribution in [0.5, 0.6) is 5.75 Å². The molecule has 1 aliphatic heterocycles. The van der Waals surface area contributed by atoms with Crippen molar-refractivity contribution in [1.82, 2.24) is 9.80 Å². The number of hydrogen-bond donors (Lipinski definition) is 0. The molecule has 5 rings (SSSR count). The fraction of sp³-hybridized carbons (Fsp3) is 0.417.